The van der Waals surface area contributed by atoms with Crippen LogP contribution >= 0.6 is 0 Å². The summed E-state index contributed by atoms with van der Waals surface area (Å²) in [5, 5.41) is 12.7. The fourth-order valence-electron chi connectivity index (χ4n) is 9.74. The molecule has 518 valence electrons. The number of carboxylic acid groups (broad SMARTS) is 1. The summed E-state index contributed by atoms with van der Waals surface area (Å²) >= 11 is 0. The van der Waals surface area contributed by atoms with Gasteiger partial charge >= 0.3 is 65.4 Å². The van der Waals surface area contributed by atoms with Gasteiger partial charge in [-0.1, -0.05) is 0 Å². The van der Waals surface area contributed by atoms with Crippen LogP contribution in [0.3, 0.4) is 0 Å². The number of hydrogen-bond donors (Lipinski definition) is 0. The molecule has 0 bridgehead atoms. The van der Waals surface area contributed by atoms with Gasteiger partial charge in [0.15, 0.2) is 0 Å². The Hall–Kier alpha value is -4.87. The van der Waals surface area contributed by atoms with Gasteiger partial charge in [0.05, 0.1) is 58.3 Å². The number of carbonyl (C=O) groups excluding carboxylic acids is 9. The minimum Gasteiger partial charge on any atom is -0.545 e. The second kappa shape index (κ2) is 36.9. The third kappa shape index (κ3) is 36.1. The van der Waals surface area contributed by atoms with Gasteiger partial charge in [-0.15, -0.1) is 0 Å². The molecule has 0 aromatic heterocycles. The number of amides is 2. The van der Waals surface area contributed by atoms with E-state index in [2.05, 4.69) is 0 Å². The van der Waals surface area contributed by atoms with Crippen molar-refractivity contribution in [1.82, 2.24) is 39.2 Å². The van der Waals surface area contributed by atoms with Crippen LogP contribution in [0, 0.1) is 0 Å². The monoisotopic (exact) mass is 1310 g/mol. The van der Waals surface area contributed by atoms with Crippen LogP contribution in [0.1, 0.15) is 135 Å². The molecule has 0 radical (unpaired) electrons. The first kappa shape index (κ1) is 83.2. The van der Waals surface area contributed by atoms with Crippen molar-refractivity contribution in [3.63, 3.8) is 0 Å². The van der Waals surface area contributed by atoms with Crippen molar-refractivity contribution in [2.24, 2.45) is 0 Å². The summed E-state index contributed by atoms with van der Waals surface area (Å²) in [4.78, 5) is 140. The Bertz CT molecular complexity index is 2350. The van der Waals surface area contributed by atoms with Gasteiger partial charge < -0.3 is 48.1 Å². The zero-order chi connectivity index (χ0) is 69.0. The van der Waals surface area contributed by atoms with E-state index in [0.29, 0.717) is 52.4 Å². The largest absolute Gasteiger partial charge is 1.00 e. The van der Waals surface area contributed by atoms with E-state index in [4.69, 9.17) is 28.4 Å². The van der Waals surface area contributed by atoms with E-state index in [9.17, 15) is 48.3 Å². The number of benzene rings is 1. The zero-order valence-electron chi connectivity index (χ0n) is 59.7. The van der Waals surface area contributed by atoms with Crippen molar-refractivity contribution >= 4 is 65.0 Å². The Morgan fingerprint density at radius 2 is 0.467 bits per heavy atom. The van der Waals surface area contributed by atoms with Crippen LogP contribution < -0.4 is 44.5 Å². The number of carboxylic acids is 1. The first-order valence-electron chi connectivity index (χ1n) is 31.7. The van der Waals surface area contributed by atoms with Gasteiger partial charge in [-0.3, -0.25) is 77.6 Å². The van der Waals surface area contributed by atoms with Crippen LogP contribution in [0.4, 0.5) is 11.4 Å². The zero-order valence-corrected chi connectivity index (χ0v) is 61.7. The third-order valence-electron chi connectivity index (χ3n) is 13.9. The Labute approximate surface area is 570 Å². The molecule has 1 aromatic carbocycles. The van der Waals surface area contributed by atoms with Crippen LogP contribution in [0.2, 0.25) is 0 Å². The van der Waals surface area contributed by atoms with Crippen molar-refractivity contribution in [3.8, 4) is 0 Å². The van der Waals surface area contributed by atoms with Crippen molar-refractivity contribution in [2.45, 2.75) is 158 Å². The molecule has 2 fully saturated rings. The molecule has 2 aliphatic heterocycles. The molecular formula is C65H111N10NaO16. The maximum absolute atomic E-state index is 14.6. The number of hydrogen-bond acceptors (Lipinski definition) is 24. The van der Waals surface area contributed by atoms with Gasteiger partial charge in [0.1, 0.15) is 33.6 Å². The van der Waals surface area contributed by atoms with E-state index in [1.165, 1.54) is 42.1 Å². The maximum Gasteiger partial charge on any atom is 1.00 e. The van der Waals surface area contributed by atoms with Crippen LogP contribution in [-0.2, 0) is 66.8 Å². The Balaban J connectivity index is 0.0000288. The predicted molar refractivity (Wildman–Crippen MR) is 344 cm³/mol. The van der Waals surface area contributed by atoms with Gasteiger partial charge in [-0.25, -0.2) is 0 Å². The number of anilines is 2. The molecule has 2 heterocycles. The number of likely N-dealkylation sites (N-methyl/N-ethyl adjacent to an activating group) is 2. The van der Waals surface area contributed by atoms with Gasteiger partial charge in [0, 0.05) is 136 Å². The van der Waals surface area contributed by atoms with E-state index < -0.39 is 87.2 Å². The summed E-state index contributed by atoms with van der Waals surface area (Å²) in [6.07, 6.45) is 0. The average molecular weight is 1310 g/mol. The predicted octanol–water partition coefficient (Wildman–Crippen LogP) is -0.527. The number of esters is 6. The molecule has 92 heavy (non-hydrogen) atoms. The first-order chi connectivity index (χ1) is 41.7. The molecule has 1 aromatic rings. The van der Waals surface area contributed by atoms with Gasteiger partial charge in [0.25, 0.3) is 0 Å². The van der Waals surface area contributed by atoms with Crippen LogP contribution in [0.15, 0.2) is 18.2 Å². The molecule has 0 unspecified atom stereocenters. The minimum absolute atomic E-state index is 0. The van der Waals surface area contributed by atoms with E-state index in [0.717, 1.165) is 0 Å². The summed E-state index contributed by atoms with van der Waals surface area (Å²) in [7, 11) is 3.00. The Morgan fingerprint density at radius 1 is 0.315 bits per heavy atom. The molecule has 2 saturated heterocycles. The minimum atomic E-state index is -1.55. The van der Waals surface area contributed by atoms with E-state index in [-0.39, 0.29) is 151 Å². The number of aromatic carboxylic acids is 1. The van der Waals surface area contributed by atoms with Crippen LogP contribution in [-0.4, -0.2) is 298 Å². The van der Waals surface area contributed by atoms with E-state index >= 15 is 0 Å². The van der Waals surface area contributed by atoms with Crippen LogP contribution in [0.25, 0.3) is 0 Å². The number of nitrogens with zero attached hydrogens (tertiary/aromatic N) is 10. The number of rotatable bonds is 19. The molecule has 0 spiro atoms. The fourth-order valence-corrected chi connectivity index (χ4v) is 9.74. The summed E-state index contributed by atoms with van der Waals surface area (Å²) in [5.74, 6) is -5.09. The third-order valence-corrected chi connectivity index (χ3v) is 13.9. The summed E-state index contributed by atoms with van der Waals surface area (Å²) < 4.78 is 34.2. The smallest absolute Gasteiger partial charge is 0.545 e. The van der Waals surface area contributed by atoms with Gasteiger partial charge in [-0.05, 0) is 143 Å². The first-order valence-corrected chi connectivity index (χ1v) is 31.7. The molecule has 2 aliphatic rings. The molecule has 0 N–H and O–H groups in total. The standard InChI is InChI=1S/C65H112N10O16.Na/c1-60(2,3)86-53(78)42-70-25-21-68(22-26-71(43-54(79)87-61(4,5)6)30-34-74(33-29-70)46-57(82)90-64(13,14)15)40-51(76)66(19)49-37-48(59(84)85)38-50(39-49)67(20)52(77)41-69-23-27-72(44-55(80)88-62(7,8)9)31-35-75(47-58(83)91-65(16,17)18)36-32-73(28-24-69)45-56(81)89-63(10,11)12;/h37-39H,21-36,40-47H2,1-20H3,(H,84,85);/q;+1/p-1. The summed E-state index contributed by atoms with van der Waals surface area (Å²) in [5.41, 5.74) is -4.45. The number of ether oxygens (including phenoxy) is 6. The number of carbonyl (C=O) groups is 9. The van der Waals surface area contributed by atoms with Crippen molar-refractivity contribution < 1.29 is 106 Å². The molecule has 0 aliphatic carbocycles. The van der Waals surface area contributed by atoms with E-state index in [1.54, 1.807) is 125 Å². The fraction of sp³-hybridized carbons (Fsp3) is 0.769. The summed E-state index contributed by atoms with van der Waals surface area (Å²) in [6.45, 7) is 36.2. The normalized spacial score (nSPS) is 17.4. The molecular weight excluding hydrogens is 1200 g/mol. The molecule has 0 saturated carbocycles. The average Bonchev–Trinajstić information content (AvgIpc) is 0.829. The molecule has 2 amide bonds. The second-order valence-corrected chi connectivity index (χ2v) is 29.7. The van der Waals surface area contributed by atoms with E-state index in [1.807, 2.05) is 39.2 Å². The van der Waals surface area contributed by atoms with Crippen molar-refractivity contribution in [2.75, 3.05) is 181 Å². The molecule has 26 nitrogen and oxygen atoms in total. The summed E-state index contributed by atoms with van der Waals surface area (Å²) in [6, 6.07) is 4.13. The topological polar surface area (TPSA) is 264 Å². The van der Waals surface area contributed by atoms with Gasteiger partial charge in [-0.2, -0.15) is 0 Å². The SMILES string of the molecule is CN(C(=O)CN1CCN(CC(=O)OC(C)(C)C)CCN(CC(=O)OC(C)(C)C)CCN(CC(=O)OC(C)(C)C)CC1)c1cc(C(=O)[O-])cc(N(C)C(=O)CN2CCN(CC(=O)OC(C)(C)C)CCN(CC(=O)OC(C)(C)C)CCN(CC(=O)OC(C)(C)C)CC2)c1.[Na+]. The van der Waals surface area contributed by atoms with Crippen LogP contribution in [0.5, 0.6) is 0 Å². The quantitative estimate of drug-likeness (QED) is 0.0958. The molecule has 3 rings (SSSR count). The van der Waals surface area contributed by atoms with Gasteiger partial charge in [0.2, 0.25) is 11.8 Å². The van der Waals surface area contributed by atoms with Crippen molar-refractivity contribution in [3.05, 3.63) is 23.8 Å². The molecule has 0 atom stereocenters. The Kier molecular flexibility index (Phi) is 33.3. The Morgan fingerprint density at radius 3 is 0.609 bits per heavy atom. The molecule has 27 heteroatoms. The second-order valence-electron chi connectivity index (χ2n) is 29.7. The van der Waals surface area contributed by atoms with Crippen molar-refractivity contribution in [1.29, 1.82) is 0 Å². The maximum atomic E-state index is 14.6.